The van der Waals surface area contributed by atoms with Crippen LogP contribution in [0.4, 0.5) is 4.79 Å². The molecule has 100 valence electrons. The van der Waals surface area contributed by atoms with Crippen molar-refractivity contribution in [2.75, 3.05) is 7.11 Å². The third-order valence-corrected chi connectivity index (χ3v) is 1.70. The molecule has 0 unspecified atom stereocenters. The number of carbonyl (C=O) groups excluding carboxylic acids is 2. The number of benzene rings is 1. The highest BCUT2D eigenvalue weighted by Crippen LogP contribution is 2.27. The third-order valence-electron chi connectivity index (χ3n) is 1.39. The summed E-state index contributed by atoms with van der Waals surface area (Å²) in [4.78, 5) is 20.5. The summed E-state index contributed by atoms with van der Waals surface area (Å²) >= 11 is 19.4. The van der Waals surface area contributed by atoms with Crippen molar-refractivity contribution in [3.05, 3.63) is 35.9 Å². The van der Waals surface area contributed by atoms with Crippen LogP contribution in [0.5, 0.6) is 0 Å². The molecule has 1 rings (SSSR count). The lowest BCUT2D eigenvalue weighted by molar-refractivity contribution is 0.0600. The summed E-state index contributed by atoms with van der Waals surface area (Å²) in [6.45, 7) is 0. The molecule has 0 aliphatic rings. The fraction of sp³-hybridized carbons (Fsp3) is 0.200. The van der Waals surface area contributed by atoms with Crippen LogP contribution >= 0.6 is 46.4 Å². The molecule has 0 radical (unpaired) electrons. The molecule has 0 fully saturated rings. The number of carbonyl (C=O) groups is 2. The van der Waals surface area contributed by atoms with Gasteiger partial charge in [0.05, 0.1) is 12.7 Å². The van der Waals surface area contributed by atoms with E-state index in [9.17, 15) is 9.59 Å². The minimum absolute atomic E-state index is 0.291. The van der Waals surface area contributed by atoms with Crippen molar-refractivity contribution in [2.24, 2.45) is 0 Å². The molecule has 0 saturated carbocycles. The molecule has 18 heavy (non-hydrogen) atoms. The Morgan fingerprint density at radius 1 is 1.11 bits per heavy atom. The minimum atomic E-state index is -2.04. The van der Waals surface area contributed by atoms with Gasteiger partial charge < -0.3 is 9.47 Å². The minimum Gasteiger partial charge on any atom is -0.465 e. The molecular weight excluding hydrogens is 326 g/mol. The normalized spacial score (nSPS) is 9.83. The first-order chi connectivity index (χ1) is 8.26. The van der Waals surface area contributed by atoms with Gasteiger partial charge >= 0.3 is 15.4 Å². The lowest BCUT2D eigenvalue weighted by atomic mass is 10.2. The van der Waals surface area contributed by atoms with Crippen molar-refractivity contribution < 1.29 is 19.1 Å². The van der Waals surface area contributed by atoms with Crippen LogP contribution in [0.2, 0.25) is 0 Å². The Balaban J connectivity index is 0.000000331. The van der Waals surface area contributed by atoms with E-state index in [4.69, 9.17) is 34.8 Å². The second-order valence-electron chi connectivity index (χ2n) is 2.64. The van der Waals surface area contributed by atoms with Crippen LogP contribution in [-0.2, 0) is 9.47 Å². The van der Waals surface area contributed by atoms with E-state index in [1.165, 1.54) is 7.11 Å². The van der Waals surface area contributed by atoms with Crippen molar-refractivity contribution >= 4 is 57.8 Å². The lowest BCUT2D eigenvalue weighted by Gasteiger charge is -2.06. The number of alkyl halides is 3. The summed E-state index contributed by atoms with van der Waals surface area (Å²) in [6, 6.07) is 8.88. The maximum Gasteiger partial charge on any atom is 0.407 e. The zero-order valence-corrected chi connectivity index (χ0v) is 12.1. The van der Waals surface area contributed by atoms with E-state index in [2.05, 4.69) is 21.1 Å². The Morgan fingerprint density at radius 3 is 1.89 bits per heavy atom. The van der Waals surface area contributed by atoms with E-state index < -0.39 is 9.41 Å². The van der Waals surface area contributed by atoms with Gasteiger partial charge in [0, 0.05) is 11.6 Å². The summed E-state index contributed by atoms with van der Waals surface area (Å²) in [7, 11) is 1.37. The highest BCUT2D eigenvalue weighted by atomic mass is 35.6. The van der Waals surface area contributed by atoms with E-state index in [0.717, 1.165) is 0 Å². The topological polar surface area (TPSA) is 52.6 Å². The van der Waals surface area contributed by atoms with Gasteiger partial charge in [0.2, 0.25) is 0 Å². The highest BCUT2D eigenvalue weighted by Gasteiger charge is 2.23. The first kappa shape index (κ1) is 17.3. The summed E-state index contributed by atoms with van der Waals surface area (Å²) < 4.78 is 6.31. The molecule has 0 spiro atoms. The van der Waals surface area contributed by atoms with Gasteiger partial charge in [0.25, 0.3) is 0 Å². The van der Waals surface area contributed by atoms with E-state index in [0.29, 0.717) is 5.56 Å². The molecule has 1 aromatic rings. The fourth-order valence-electron chi connectivity index (χ4n) is 0.783. The monoisotopic (exact) mass is 332 g/mol. The number of methoxy groups -OCH3 is 1. The zero-order valence-electron chi connectivity index (χ0n) is 9.03. The second-order valence-corrected chi connectivity index (χ2v) is 5.13. The quantitative estimate of drug-likeness (QED) is 0.440. The SMILES string of the molecule is COC(=O)c1ccccc1.O=C(Cl)OC(Cl)(Cl)Cl. The van der Waals surface area contributed by atoms with Crippen molar-refractivity contribution in [3.8, 4) is 0 Å². The van der Waals surface area contributed by atoms with Crippen LogP contribution in [0.15, 0.2) is 30.3 Å². The molecule has 0 saturated heterocycles. The van der Waals surface area contributed by atoms with Crippen molar-refractivity contribution in [1.29, 1.82) is 0 Å². The summed E-state index contributed by atoms with van der Waals surface area (Å²) in [5, 5.41) is 0. The van der Waals surface area contributed by atoms with Gasteiger partial charge in [-0.1, -0.05) is 18.2 Å². The van der Waals surface area contributed by atoms with Gasteiger partial charge in [-0.05, 0) is 46.9 Å². The molecule has 0 aromatic heterocycles. The predicted molar refractivity (Wildman–Crippen MR) is 70.4 cm³/mol. The Kier molecular flexibility index (Phi) is 8.11. The van der Waals surface area contributed by atoms with Crippen LogP contribution in [0.25, 0.3) is 0 Å². The largest absolute Gasteiger partial charge is 0.465 e. The highest BCUT2D eigenvalue weighted by molar-refractivity contribution is 6.69. The summed E-state index contributed by atoms with van der Waals surface area (Å²) in [5.41, 5.74) is -0.560. The number of rotatable bonds is 1. The third kappa shape index (κ3) is 9.36. The molecule has 0 aliphatic heterocycles. The van der Waals surface area contributed by atoms with Gasteiger partial charge in [-0.2, -0.15) is 0 Å². The standard InChI is InChI=1S/C8H8O2.C2Cl4O2/c1-10-8(9)7-5-3-2-4-6-7;3-1(7)8-2(4,5)6/h2-6H,1H3;. The molecule has 0 aliphatic carbocycles. The Morgan fingerprint density at radius 2 is 1.61 bits per heavy atom. The number of halogens is 4. The van der Waals surface area contributed by atoms with Gasteiger partial charge in [-0.15, -0.1) is 0 Å². The van der Waals surface area contributed by atoms with Crippen LogP contribution in [0, 0.1) is 0 Å². The molecule has 8 heteroatoms. The number of hydrogen-bond donors (Lipinski definition) is 0. The first-order valence-corrected chi connectivity index (χ1v) is 5.86. The van der Waals surface area contributed by atoms with Gasteiger partial charge in [-0.3, -0.25) is 0 Å². The molecule has 0 atom stereocenters. The summed E-state index contributed by atoms with van der Waals surface area (Å²) in [6.07, 6.45) is 0. The van der Waals surface area contributed by atoms with Gasteiger partial charge in [0.15, 0.2) is 0 Å². The summed E-state index contributed by atoms with van der Waals surface area (Å²) in [5.74, 6) is -0.291. The molecule has 4 nitrogen and oxygen atoms in total. The zero-order chi connectivity index (χ0) is 14.2. The second kappa shape index (κ2) is 8.43. The Bertz CT molecular complexity index is 389. The van der Waals surface area contributed by atoms with E-state index in [1.807, 2.05) is 6.07 Å². The first-order valence-electron chi connectivity index (χ1n) is 4.35. The molecular formula is C10H8Cl4O4. The van der Waals surface area contributed by atoms with Crippen molar-refractivity contribution in [2.45, 2.75) is 3.98 Å². The Labute approximate surface area is 124 Å². The van der Waals surface area contributed by atoms with E-state index >= 15 is 0 Å². The van der Waals surface area contributed by atoms with Crippen LogP contribution in [0.3, 0.4) is 0 Å². The van der Waals surface area contributed by atoms with Crippen LogP contribution in [0.1, 0.15) is 10.4 Å². The Hall–Kier alpha value is -0.680. The lowest BCUT2D eigenvalue weighted by Crippen LogP contribution is -2.09. The maximum atomic E-state index is 10.8. The average molecular weight is 334 g/mol. The average Bonchev–Trinajstić information content (AvgIpc) is 2.26. The van der Waals surface area contributed by atoms with E-state index in [1.54, 1.807) is 24.3 Å². The molecule has 1 aromatic carbocycles. The smallest absolute Gasteiger partial charge is 0.407 e. The predicted octanol–water partition coefficient (Wildman–Crippen LogP) is 4.16. The molecule has 0 amide bonds. The maximum absolute atomic E-state index is 10.8. The number of esters is 1. The molecule has 0 N–H and O–H groups in total. The van der Waals surface area contributed by atoms with Gasteiger partial charge in [-0.25, -0.2) is 9.59 Å². The van der Waals surface area contributed by atoms with Crippen LogP contribution < -0.4 is 0 Å². The van der Waals surface area contributed by atoms with Crippen molar-refractivity contribution in [3.63, 3.8) is 0 Å². The molecule has 0 heterocycles. The number of ether oxygens (including phenoxy) is 2. The molecule has 0 bridgehead atoms. The van der Waals surface area contributed by atoms with Crippen molar-refractivity contribution in [1.82, 2.24) is 0 Å². The van der Waals surface area contributed by atoms with Crippen LogP contribution in [-0.4, -0.2) is 22.5 Å². The van der Waals surface area contributed by atoms with Gasteiger partial charge in [0.1, 0.15) is 0 Å². The van der Waals surface area contributed by atoms with E-state index in [-0.39, 0.29) is 5.97 Å². The fourth-order valence-corrected chi connectivity index (χ4v) is 1.23. The number of hydrogen-bond acceptors (Lipinski definition) is 4.